The Kier molecular flexibility index (Phi) is 6.41. The number of amides is 2. The van der Waals surface area contributed by atoms with E-state index in [-0.39, 0.29) is 35.8 Å². The summed E-state index contributed by atoms with van der Waals surface area (Å²) in [4.78, 5) is 28.3. The van der Waals surface area contributed by atoms with Gasteiger partial charge in [-0.15, -0.1) is 12.4 Å². The Morgan fingerprint density at radius 2 is 1.70 bits per heavy atom. The molecule has 5 nitrogen and oxygen atoms in total. The fraction of sp³-hybridized carbons (Fsp3) is 0.905. The predicted molar refractivity (Wildman–Crippen MR) is 109 cm³/mol. The Bertz CT molecular complexity index is 532. The summed E-state index contributed by atoms with van der Waals surface area (Å²) in [7, 11) is 0. The molecule has 6 heteroatoms. The standard InChI is InChI=1S/C21H35N3O2.ClH/c1-3-22-14(2)13-23-19(25)18-5-4-6-24(18)20(26)21-10-15-7-16(11-21)9-17(8-15)12-21;/h14-18,22H,3-13H2,1-2H3,(H,23,25);1H/t14-,15?,16?,17?,18?,21?;/m1./s1. The number of halogens is 1. The second kappa shape index (κ2) is 8.28. The van der Waals surface area contributed by atoms with Crippen LogP contribution in [0.2, 0.25) is 0 Å². The molecule has 0 aromatic heterocycles. The van der Waals surface area contributed by atoms with Gasteiger partial charge in [-0.1, -0.05) is 6.92 Å². The molecule has 1 saturated heterocycles. The first-order chi connectivity index (χ1) is 12.5. The van der Waals surface area contributed by atoms with Gasteiger partial charge in [0.15, 0.2) is 0 Å². The summed E-state index contributed by atoms with van der Waals surface area (Å²) >= 11 is 0. The van der Waals surface area contributed by atoms with Gasteiger partial charge >= 0.3 is 0 Å². The van der Waals surface area contributed by atoms with E-state index in [1.807, 2.05) is 4.90 Å². The lowest BCUT2D eigenvalue weighted by Gasteiger charge is -2.56. The smallest absolute Gasteiger partial charge is 0.242 e. The molecule has 27 heavy (non-hydrogen) atoms. The first-order valence-corrected chi connectivity index (χ1v) is 10.8. The molecule has 1 aliphatic heterocycles. The number of carbonyl (C=O) groups excluding carboxylic acids is 2. The van der Waals surface area contributed by atoms with Gasteiger partial charge in [0.1, 0.15) is 6.04 Å². The molecule has 0 aromatic carbocycles. The predicted octanol–water partition coefficient (Wildman–Crippen LogP) is 2.73. The van der Waals surface area contributed by atoms with Gasteiger partial charge in [-0.3, -0.25) is 9.59 Å². The van der Waals surface area contributed by atoms with E-state index in [4.69, 9.17) is 0 Å². The number of nitrogens with one attached hydrogen (secondary N) is 2. The van der Waals surface area contributed by atoms with Gasteiger partial charge in [-0.2, -0.15) is 0 Å². The van der Waals surface area contributed by atoms with Crippen LogP contribution in [0.1, 0.15) is 65.2 Å². The van der Waals surface area contributed by atoms with Crippen LogP contribution in [0.25, 0.3) is 0 Å². The van der Waals surface area contributed by atoms with Crippen LogP contribution in [0, 0.1) is 23.2 Å². The molecule has 4 aliphatic carbocycles. The van der Waals surface area contributed by atoms with Gasteiger partial charge < -0.3 is 15.5 Å². The van der Waals surface area contributed by atoms with Crippen molar-refractivity contribution in [3.8, 4) is 0 Å². The zero-order chi connectivity index (χ0) is 18.3. The van der Waals surface area contributed by atoms with Crippen LogP contribution >= 0.6 is 12.4 Å². The molecular formula is C21H36ClN3O2. The van der Waals surface area contributed by atoms with Crippen molar-refractivity contribution < 1.29 is 9.59 Å². The Morgan fingerprint density at radius 3 is 2.26 bits per heavy atom. The van der Waals surface area contributed by atoms with Crippen molar-refractivity contribution in [1.82, 2.24) is 15.5 Å². The number of carbonyl (C=O) groups is 2. The van der Waals surface area contributed by atoms with E-state index in [1.54, 1.807) is 0 Å². The number of hydrogen-bond donors (Lipinski definition) is 2. The molecule has 1 unspecified atom stereocenters. The average molecular weight is 398 g/mol. The number of nitrogens with zero attached hydrogens (tertiary/aromatic N) is 1. The summed E-state index contributed by atoms with van der Waals surface area (Å²) in [5.41, 5.74) is -0.130. The Hall–Kier alpha value is -0.810. The van der Waals surface area contributed by atoms with Gasteiger partial charge in [0.05, 0.1) is 5.41 Å². The zero-order valence-corrected chi connectivity index (χ0v) is 17.7. The normalized spacial score (nSPS) is 37.8. The highest BCUT2D eigenvalue weighted by Crippen LogP contribution is 2.60. The summed E-state index contributed by atoms with van der Waals surface area (Å²) in [6.07, 6.45) is 9.06. The maximum atomic E-state index is 13.6. The molecule has 4 bridgehead atoms. The molecule has 2 atom stereocenters. The van der Waals surface area contributed by atoms with Gasteiger partial charge in [0.25, 0.3) is 0 Å². The highest BCUT2D eigenvalue weighted by molar-refractivity contribution is 5.91. The largest absolute Gasteiger partial charge is 0.353 e. The third kappa shape index (κ3) is 4.00. The summed E-state index contributed by atoms with van der Waals surface area (Å²) < 4.78 is 0. The number of likely N-dealkylation sites (N-methyl/N-ethyl adjacent to an activating group) is 1. The van der Waals surface area contributed by atoms with Crippen LogP contribution in [-0.2, 0) is 9.59 Å². The van der Waals surface area contributed by atoms with Crippen LogP contribution in [0.5, 0.6) is 0 Å². The monoisotopic (exact) mass is 397 g/mol. The molecular weight excluding hydrogens is 362 g/mol. The number of hydrogen-bond acceptors (Lipinski definition) is 3. The molecule has 0 radical (unpaired) electrons. The first kappa shape index (κ1) is 20.9. The number of likely N-dealkylation sites (tertiary alicyclic amines) is 1. The second-order valence-corrected chi connectivity index (χ2v) is 9.56. The maximum absolute atomic E-state index is 13.6. The van der Waals surface area contributed by atoms with E-state index in [2.05, 4.69) is 24.5 Å². The fourth-order valence-electron chi connectivity index (χ4n) is 6.75. The summed E-state index contributed by atoms with van der Waals surface area (Å²) in [5.74, 6) is 2.66. The molecule has 5 aliphatic rings. The second-order valence-electron chi connectivity index (χ2n) is 9.56. The quantitative estimate of drug-likeness (QED) is 0.724. The molecule has 5 rings (SSSR count). The van der Waals surface area contributed by atoms with E-state index < -0.39 is 0 Å². The van der Waals surface area contributed by atoms with E-state index in [9.17, 15) is 9.59 Å². The van der Waals surface area contributed by atoms with Crippen LogP contribution in [-0.4, -0.2) is 48.4 Å². The van der Waals surface area contributed by atoms with Crippen molar-refractivity contribution in [2.75, 3.05) is 19.6 Å². The third-order valence-corrected chi connectivity index (χ3v) is 7.44. The van der Waals surface area contributed by atoms with Crippen LogP contribution < -0.4 is 10.6 Å². The van der Waals surface area contributed by atoms with Crippen LogP contribution in [0.15, 0.2) is 0 Å². The molecule has 4 saturated carbocycles. The van der Waals surface area contributed by atoms with Crippen molar-refractivity contribution in [2.45, 2.75) is 77.3 Å². The Balaban J connectivity index is 0.00000210. The van der Waals surface area contributed by atoms with E-state index in [1.165, 1.54) is 19.3 Å². The van der Waals surface area contributed by atoms with E-state index in [0.29, 0.717) is 12.5 Å². The van der Waals surface area contributed by atoms with Gasteiger partial charge in [0.2, 0.25) is 11.8 Å². The molecule has 1 heterocycles. The molecule has 2 amide bonds. The maximum Gasteiger partial charge on any atom is 0.242 e. The van der Waals surface area contributed by atoms with Crippen molar-refractivity contribution in [3.05, 3.63) is 0 Å². The summed E-state index contributed by atoms with van der Waals surface area (Å²) in [6, 6.07) is 0.0157. The van der Waals surface area contributed by atoms with E-state index in [0.717, 1.165) is 62.9 Å². The topological polar surface area (TPSA) is 61.4 Å². The lowest BCUT2D eigenvalue weighted by Crippen LogP contribution is -2.57. The summed E-state index contributed by atoms with van der Waals surface area (Å²) in [6.45, 7) is 6.44. The SMILES string of the molecule is CCN[C@H](C)CNC(=O)C1CCCN1C(=O)C12CC3CC(CC(C3)C1)C2.Cl. The molecule has 0 aromatic rings. The van der Waals surface area contributed by atoms with Crippen molar-refractivity contribution in [3.63, 3.8) is 0 Å². The Morgan fingerprint density at radius 1 is 1.11 bits per heavy atom. The van der Waals surface area contributed by atoms with Gasteiger partial charge in [0, 0.05) is 19.1 Å². The molecule has 5 fully saturated rings. The van der Waals surface area contributed by atoms with Crippen LogP contribution in [0.3, 0.4) is 0 Å². The summed E-state index contributed by atoms with van der Waals surface area (Å²) in [5, 5.41) is 6.39. The molecule has 154 valence electrons. The highest BCUT2D eigenvalue weighted by atomic mass is 35.5. The van der Waals surface area contributed by atoms with Gasteiger partial charge in [-0.25, -0.2) is 0 Å². The minimum Gasteiger partial charge on any atom is -0.353 e. The van der Waals surface area contributed by atoms with Crippen LogP contribution in [0.4, 0.5) is 0 Å². The molecule has 0 spiro atoms. The number of rotatable bonds is 6. The van der Waals surface area contributed by atoms with E-state index >= 15 is 0 Å². The lowest BCUT2D eigenvalue weighted by molar-refractivity contribution is -0.160. The minimum absolute atomic E-state index is 0. The average Bonchev–Trinajstić information content (AvgIpc) is 3.07. The molecule has 2 N–H and O–H groups in total. The Labute approximate surface area is 169 Å². The first-order valence-electron chi connectivity index (χ1n) is 10.8. The van der Waals surface area contributed by atoms with Crippen molar-refractivity contribution in [2.24, 2.45) is 23.2 Å². The van der Waals surface area contributed by atoms with Crippen molar-refractivity contribution >= 4 is 24.2 Å². The lowest BCUT2D eigenvalue weighted by atomic mass is 9.49. The highest BCUT2D eigenvalue weighted by Gasteiger charge is 2.56. The van der Waals surface area contributed by atoms with Crippen molar-refractivity contribution in [1.29, 1.82) is 0 Å². The third-order valence-electron chi connectivity index (χ3n) is 7.44. The minimum atomic E-state index is -0.246. The zero-order valence-electron chi connectivity index (χ0n) is 16.8. The van der Waals surface area contributed by atoms with Gasteiger partial charge in [-0.05, 0) is 82.6 Å². The fourth-order valence-corrected chi connectivity index (χ4v) is 6.75.